The fourth-order valence-corrected chi connectivity index (χ4v) is 1.69. The number of aromatic nitrogens is 4. The lowest BCUT2D eigenvalue weighted by Crippen LogP contribution is -2.06. The number of nitrogens with one attached hydrogen (secondary N) is 1. The van der Waals surface area contributed by atoms with Crippen molar-refractivity contribution < 1.29 is 0 Å². The molecule has 0 bridgehead atoms. The van der Waals surface area contributed by atoms with Crippen LogP contribution in [0.2, 0.25) is 0 Å². The molecule has 0 spiro atoms. The molecule has 2 rings (SSSR count). The van der Waals surface area contributed by atoms with Gasteiger partial charge in [0.25, 0.3) is 0 Å². The van der Waals surface area contributed by atoms with E-state index in [9.17, 15) is 0 Å². The van der Waals surface area contributed by atoms with Crippen molar-refractivity contribution in [1.82, 2.24) is 19.7 Å². The minimum atomic E-state index is 0.609. The Labute approximate surface area is 101 Å². The van der Waals surface area contributed by atoms with Gasteiger partial charge in [-0.05, 0) is 18.9 Å². The topological polar surface area (TPSA) is 55.6 Å². The Hall–Kier alpha value is -1.91. The normalized spacial score (nSPS) is 10.5. The molecule has 0 aromatic carbocycles. The fraction of sp³-hybridized carbons (Fsp3) is 0.417. The monoisotopic (exact) mass is 231 g/mol. The molecule has 5 nitrogen and oxygen atoms in total. The lowest BCUT2D eigenvalue weighted by Gasteiger charge is -2.05. The SMILES string of the molecule is CCc1cc(CC)n(-c2ccnc(NC)n2)n1. The number of hydrogen-bond donors (Lipinski definition) is 1. The van der Waals surface area contributed by atoms with E-state index in [4.69, 9.17) is 0 Å². The highest BCUT2D eigenvalue weighted by atomic mass is 15.3. The summed E-state index contributed by atoms with van der Waals surface area (Å²) in [4.78, 5) is 8.50. The standard InChI is InChI=1S/C12H17N5/c1-4-9-8-10(5-2)17(16-9)11-6-7-14-12(13-3)15-11/h6-8H,4-5H2,1-3H3,(H,13,14,15). The van der Waals surface area contributed by atoms with Crippen molar-refractivity contribution in [3.05, 3.63) is 29.7 Å². The third kappa shape index (κ3) is 2.27. The van der Waals surface area contributed by atoms with Crippen LogP contribution in [0.1, 0.15) is 25.2 Å². The van der Waals surface area contributed by atoms with E-state index < -0.39 is 0 Å². The average molecular weight is 231 g/mol. The smallest absolute Gasteiger partial charge is 0.224 e. The van der Waals surface area contributed by atoms with Crippen LogP contribution in [0.25, 0.3) is 5.82 Å². The first kappa shape index (κ1) is 11.6. The van der Waals surface area contributed by atoms with Crippen molar-refractivity contribution in [3.63, 3.8) is 0 Å². The molecular formula is C12H17N5. The van der Waals surface area contributed by atoms with Crippen molar-refractivity contribution in [2.75, 3.05) is 12.4 Å². The van der Waals surface area contributed by atoms with Crippen LogP contribution < -0.4 is 5.32 Å². The van der Waals surface area contributed by atoms with Crippen molar-refractivity contribution in [2.24, 2.45) is 0 Å². The molecule has 0 radical (unpaired) electrons. The van der Waals surface area contributed by atoms with Gasteiger partial charge in [0.2, 0.25) is 5.95 Å². The van der Waals surface area contributed by atoms with Crippen LogP contribution in [0.4, 0.5) is 5.95 Å². The van der Waals surface area contributed by atoms with Gasteiger partial charge in [-0.2, -0.15) is 10.1 Å². The number of hydrogen-bond acceptors (Lipinski definition) is 4. The molecule has 0 saturated heterocycles. The minimum absolute atomic E-state index is 0.609. The quantitative estimate of drug-likeness (QED) is 0.872. The molecule has 0 aliphatic rings. The summed E-state index contributed by atoms with van der Waals surface area (Å²) in [5.74, 6) is 1.42. The minimum Gasteiger partial charge on any atom is -0.357 e. The van der Waals surface area contributed by atoms with Crippen molar-refractivity contribution in [1.29, 1.82) is 0 Å². The summed E-state index contributed by atoms with van der Waals surface area (Å²) in [7, 11) is 1.81. The van der Waals surface area contributed by atoms with E-state index in [-0.39, 0.29) is 0 Å². The average Bonchev–Trinajstić information content (AvgIpc) is 2.82. The predicted octanol–water partition coefficient (Wildman–Crippen LogP) is 1.83. The zero-order valence-electron chi connectivity index (χ0n) is 10.4. The van der Waals surface area contributed by atoms with Crippen LogP contribution in [-0.4, -0.2) is 26.8 Å². The maximum absolute atomic E-state index is 4.54. The second kappa shape index (κ2) is 4.95. The summed E-state index contributed by atoms with van der Waals surface area (Å²) < 4.78 is 1.89. The van der Waals surface area contributed by atoms with Crippen LogP contribution in [0, 0.1) is 0 Å². The molecule has 0 saturated carbocycles. The first-order valence-corrected chi connectivity index (χ1v) is 5.87. The number of aryl methyl sites for hydroxylation is 2. The third-order valence-corrected chi connectivity index (χ3v) is 2.64. The molecule has 17 heavy (non-hydrogen) atoms. The summed E-state index contributed by atoms with van der Waals surface area (Å²) >= 11 is 0. The van der Waals surface area contributed by atoms with Gasteiger partial charge in [-0.1, -0.05) is 13.8 Å². The van der Waals surface area contributed by atoms with E-state index in [0.717, 1.165) is 24.4 Å². The summed E-state index contributed by atoms with van der Waals surface area (Å²) in [5, 5.41) is 7.48. The molecule has 1 N–H and O–H groups in total. The van der Waals surface area contributed by atoms with Gasteiger partial charge in [0.05, 0.1) is 5.69 Å². The molecule has 5 heteroatoms. The Morgan fingerprint density at radius 2 is 2.12 bits per heavy atom. The molecule has 0 fully saturated rings. The van der Waals surface area contributed by atoms with Gasteiger partial charge < -0.3 is 5.32 Å². The Morgan fingerprint density at radius 3 is 2.76 bits per heavy atom. The number of rotatable bonds is 4. The highest BCUT2D eigenvalue weighted by Crippen LogP contribution is 2.12. The molecule has 0 unspecified atom stereocenters. The van der Waals surface area contributed by atoms with E-state index in [0.29, 0.717) is 5.95 Å². The maximum Gasteiger partial charge on any atom is 0.224 e. The Morgan fingerprint density at radius 1 is 1.29 bits per heavy atom. The van der Waals surface area contributed by atoms with E-state index in [2.05, 4.69) is 40.3 Å². The molecule has 0 aliphatic carbocycles. The van der Waals surface area contributed by atoms with Gasteiger partial charge >= 0.3 is 0 Å². The van der Waals surface area contributed by atoms with E-state index >= 15 is 0 Å². The van der Waals surface area contributed by atoms with E-state index in [1.807, 2.05) is 10.7 Å². The summed E-state index contributed by atoms with van der Waals surface area (Å²) in [5.41, 5.74) is 2.26. The Kier molecular flexibility index (Phi) is 3.37. The molecule has 2 heterocycles. The molecule has 2 aromatic rings. The van der Waals surface area contributed by atoms with Crippen LogP contribution in [0.5, 0.6) is 0 Å². The van der Waals surface area contributed by atoms with Crippen LogP contribution >= 0.6 is 0 Å². The van der Waals surface area contributed by atoms with Gasteiger partial charge in [-0.15, -0.1) is 0 Å². The van der Waals surface area contributed by atoms with Gasteiger partial charge in [0.1, 0.15) is 0 Å². The maximum atomic E-state index is 4.54. The van der Waals surface area contributed by atoms with Crippen molar-refractivity contribution in [3.8, 4) is 5.82 Å². The second-order valence-corrected chi connectivity index (χ2v) is 3.73. The van der Waals surface area contributed by atoms with Crippen LogP contribution in [0.3, 0.4) is 0 Å². The Bertz CT molecular complexity index is 503. The Balaban J connectivity index is 2.47. The largest absolute Gasteiger partial charge is 0.357 e. The van der Waals surface area contributed by atoms with Gasteiger partial charge in [-0.25, -0.2) is 9.67 Å². The highest BCUT2D eigenvalue weighted by Gasteiger charge is 2.08. The fourth-order valence-electron chi connectivity index (χ4n) is 1.69. The second-order valence-electron chi connectivity index (χ2n) is 3.73. The summed E-state index contributed by atoms with van der Waals surface area (Å²) in [6, 6.07) is 3.99. The first-order chi connectivity index (χ1) is 8.28. The lowest BCUT2D eigenvalue weighted by molar-refractivity contribution is 0.769. The molecule has 0 atom stereocenters. The third-order valence-electron chi connectivity index (χ3n) is 2.64. The van der Waals surface area contributed by atoms with Gasteiger partial charge in [0.15, 0.2) is 5.82 Å². The van der Waals surface area contributed by atoms with Crippen LogP contribution in [0.15, 0.2) is 18.3 Å². The molecule has 90 valence electrons. The molecule has 0 amide bonds. The van der Waals surface area contributed by atoms with Gasteiger partial charge in [0, 0.05) is 25.0 Å². The molecule has 2 aromatic heterocycles. The van der Waals surface area contributed by atoms with Gasteiger partial charge in [-0.3, -0.25) is 0 Å². The zero-order valence-corrected chi connectivity index (χ0v) is 10.4. The van der Waals surface area contributed by atoms with E-state index in [1.165, 1.54) is 5.69 Å². The first-order valence-electron chi connectivity index (χ1n) is 5.87. The zero-order chi connectivity index (χ0) is 12.3. The highest BCUT2D eigenvalue weighted by molar-refractivity contribution is 5.32. The summed E-state index contributed by atoms with van der Waals surface area (Å²) in [6.45, 7) is 4.22. The van der Waals surface area contributed by atoms with E-state index in [1.54, 1.807) is 13.2 Å². The van der Waals surface area contributed by atoms with Crippen molar-refractivity contribution >= 4 is 5.95 Å². The predicted molar refractivity (Wildman–Crippen MR) is 67.5 cm³/mol. The van der Waals surface area contributed by atoms with Crippen LogP contribution in [-0.2, 0) is 12.8 Å². The summed E-state index contributed by atoms with van der Waals surface area (Å²) in [6.07, 6.45) is 3.61. The molecule has 0 aliphatic heterocycles. The number of nitrogens with zero attached hydrogens (tertiary/aromatic N) is 4. The van der Waals surface area contributed by atoms with Crippen molar-refractivity contribution in [2.45, 2.75) is 26.7 Å². The molecular weight excluding hydrogens is 214 g/mol. The number of anilines is 1. The lowest BCUT2D eigenvalue weighted by atomic mass is 10.2.